The van der Waals surface area contributed by atoms with Crippen molar-refractivity contribution in [3.63, 3.8) is 0 Å². The molecule has 13 nitrogen and oxygen atoms in total. The van der Waals surface area contributed by atoms with Crippen LogP contribution in [0.5, 0.6) is 0 Å². The first-order valence-electron chi connectivity index (χ1n) is 16.3. The SMILES string of the molecule is CCCC(NC(=O)[C@@H]1[C@@H](CC)[C@@H](C(C)=O)CN1C(=O)[C@@H](NC(=O)[C@@H](O)C(C)C)C(C)C)C(=O)C(=O)N[C@@H](Cc1ccccc1)C(=O)O. The van der Waals surface area contributed by atoms with Crippen molar-refractivity contribution in [1.82, 2.24) is 20.9 Å². The lowest BCUT2D eigenvalue weighted by molar-refractivity contribution is -0.146. The van der Waals surface area contributed by atoms with Gasteiger partial charge in [0.2, 0.25) is 23.5 Å². The van der Waals surface area contributed by atoms with E-state index >= 15 is 0 Å². The fourth-order valence-electron chi connectivity index (χ4n) is 5.90. The van der Waals surface area contributed by atoms with Crippen LogP contribution in [0.15, 0.2) is 30.3 Å². The van der Waals surface area contributed by atoms with Gasteiger partial charge in [-0.3, -0.25) is 28.8 Å². The Morgan fingerprint density at radius 3 is 2.00 bits per heavy atom. The fourth-order valence-corrected chi connectivity index (χ4v) is 5.90. The van der Waals surface area contributed by atoms with Crippen molar-refractivity contribution in [3.05, 3.63) is 35.9 Å². The molecule has 1 fully saturated rings. The number of carboxylic acids is 1. The number of benzene rings is 1. The number of carboxylic acid groups (broad SMARTS) is 1. The molecule has 1 saturated heterocycles. The Bertz CT molecular complexity index is 1300. The van der Waals surface area contributed by atoms with Crippen LogP contribution >= 0.6 is 0 Å². The lowest BCUT2D eigenvalue weighted by Gasteiger charge is -2.33. The molecule has 0 spiro atoms. The number of amides is 4. The second kappa shape index (κ2) is 17.7. The Labute approximate surface area is 276 Å². The molecule has 7 atom stereocenters. The molecule has 1 aromatic carbocycles. The van der Waals surface area contributed by atoms with Crippen LogP contribution in [0.4, 0.5) is 0 Å². The van der Waals surface area contributed by atoms with Gasteiger partial charge in [0.15, 0.2) is 0 Å². The van der Waals surface area contributed by atoms with Gasteiger partial charge < -0.3 is 31.1 Å². The summed E-state index contributed by atoms with van der Waals surface area (Å²) in [6, 6.07) is 3.54. The topological polar surface area (TPSA) is 199 Å². The number of carbonyl (C=O) groups excluding carboxylic acids is 6. The van der Waals surface area contributed by atoms with Gasteiger partial charge in [0.25, 0.3) is 5.91 Å². The van der Waals surface area contributed by atoms with E-state index in [9.17, 15) is 43.8 Å². The van der Waals surface area contributed by atoms with Crippen LogP contribution in [0.2, 0.25) is 0 Å². The maximum absolute atomic E-state index is 14.0. The van der Waals surface area contributed by atoms with E-state index in [1.54, 1.807) is 71.9 Å². The second-order valence-electron chi connectivity index (χ2n) is 12.9. The number of aliphatic hydroxyl groups is 1. The van der Waals surface area contributed by atoms with Gasteiger partial charge in [-0.1, -0.05) is 84.7 Å². The Morgan fingerprint density at radius 2 is 1.51 bits per heavy atom. The molecule has 5 N–H and O–H groups in total. The van der Waals surface area contributed by atoms with Gasteiger partial charge in [-0.25, -0.2) is 4.79 Å². The summed E-state index contributed by atoms with van der Waals surface area (Å²) < 4.78 is 0. The Balaban J connectivity index is 2.36. The third-order valence-electron chi connectivity index (χ3n) is 8.65. The Hall–Kier alpha value is -4.13. The van der Waals surface area contributed by atoms with E-state index in [-0.39, 0.29) is 25.2 Å². The van der Waals surface area contributed by atoms with Crippen molar-refractivity contribution >= 4 is 41.2 Å². The average molecular weight is 659 g/mol. The maximum atomic E-state index is 14.0. The molecule has 0 radical (unpaired) electrons. The Kier molecular flexibility index (Phi) is 14.7. The van der Waals surface area contributed by atoms with Crippen LogP contribution in [-0.2, 0) is 40.0 Å². The summed E-state index contributed by atoms with van der Waals surface area (Å²) in [4.78, 5) is 92.9. The van der Waals surface area contributed by atoms with Gasteiger partial charge >= 0.3 is 5.97 Å². The van der Waals surface area contributed by atoms with Crippen LogP contribution in [0, 0.1) is 23.7 Å². The minimum Gasteiger partial charge on any atom is -0.480 e. The summed E-state index contributed by atoms with van der Waals surface area (Å²) in [5, 5.41) is 27.4. The lowest BCUT2D eigenvalue weighted by atomic mass is 9.85. The van der Waals surface area contributed by atoms with Crippen molar-refractivity contribution in [1.29, 1.82) is 0 Å². The number of likely N-dealkylation sites (tertiary alicyclic amines) is 1. The van der Waals surface area contributed by atoms with Gasteiger partial charge in [-0.2, -0.15) is 0 Å². The molecule has 0 bridgehead atoms. The van der Waals surface area contributed by atoms with E-state index in [1.807, 2.05) is 0 Å². The third-order valence-corrected chi connectivity index (χ3v) is 8.65. The van der Waals surface area contributed by atoms with E-state index in [0.29, 0.717) is 18.4 Å². The monoisotopic (exact) mass is 658 g/mol. The molecule has 0 saturated carbocycles. The first kappa shape index (κ1) is 39.1. The first-order chi connectivity index (χ1) is 22.0. The van der Waals surface area contributed by atoms with Crippen molar-refractivity contribution in [3.8, 4) is 0 Å². The molecule has 13 heteroatoms. The smallest absolute Gasteiger partial charge is 0.326 e. The molecular weight excluding hydrogens is 608 g/mol. The summed E-state index contributed by atoms with van der Waals surface area (Å²) in [7, 11) is 0. The predicted octanol–water partition coefficient (Wildman–Crippen LogP) is 1.25. The number of nitrogens with zero attached hydrogens (tertiary/aromatic N) is 1. The van der Waals surface area contributed by atoms with Gasteiger partial charge in [0, 0.05) is 18.9 Å². The van der Waals surface area contributed by atoms with Crippen LogP contribution in [0.25, 0.3) is 0 Å². The van der Waals surface area contributed by atoms with Gasteiger partial charge in [0.05, 0.1) is 6.04 Å². The van der Waals surface area contributed by atoms with Crippen molar-refractivity contribution < 1.29 is 43.8 Å². The highest BCUT2D eigenvalue weighted by molar-refractivity contribution is 6.38. The second-order valence-corrected chi connectivity index (χ2v) is 12.9. The number of aliphatic carboxylic acids is 1. The normalized spacial score (nSPS) is 20.2. The minimum absolute atomic E-state index is 0.0553. The number of nitrogens with one attached hydrogen (secondary N) is 3. The number of hydrogen-bond acceptors (Lipinski definition) is 8. The molecule has 47 heavy (non-hydrogen) atoms. The quantitative estimate of drug-likeness (QED) is 0.153. The van der Waals surface area contributed by atoms with E-state index in [2.05, 4.69) is 16.0 Å². The zero-order chi connectivity index (χ0) is 35.6. The predicted molar refractivity (Wildman–Crippen MR) is 173 cm³/mol. The molecule has 260 valence electrons. The number of Topliss-reactive ketones (excluding diaryl/α,β-unsaturated/α-hetero) is 2. The minimum atomic E-state index is -1.40. The summed E-state index contributed by atoms with van der Waals surface area (Å²) in [5.41, 5.74) is 0.636. The van der Waals surface area contributed by atoms with Crippen molar-refractivity contribution in [2.45, 2.75) is 104 Å². The van der Waals surface area contributed by atoms with Gasteiger partial charge in [-0.15, -0.1) is 0 Å². The molecular formula is C34H50N4O9. The molecule has 1 aliphatic rings. The summed E-state index contributed by atoms with van der Waals surface area (Å²) in [6.07, 6.45) is -0.652. The molecule has 4 amide bonds. The zero-order valence-electron chi connectivity index (χ0n) is 28.3. The summed E-state index contributed by atoms with van der Waals surface area (Å²) in [6.45, 7) is 11.5. The number of carbonyl (C=O) groups is 7. The average Bonchev–Trinajstić information content (AvgIpc) is 3.42. The van der Waals surface area contributed by atoms with Crippen LogP contribution < -0.4 is 16.0 Å². The highest BCUT2D eigenvalue weighted by atomic mass is 16.4. The molecule has 0 aliphatic carbocycles. The number of hydrogen-bond donors (Lipinski definition) is 5. The lowest BCUT2D eigenvalue weighted by Crippen LogP contribution is -2.59. The van der Waals surface area contributed by atoms with Crippen LogP contribution in [0.3, 0.4) is 0 Å². The van der Waals surface area contributed by atoms with E-state index < -0.39 is 89.3 Å². The standard InChI is InChI=1S/C34H50N4O9/c1-8-13-24(29(41)32(44)36-25(34(46)47)16-21-14-11-10-12-15-21)35-30(42)27-22(9-2)23(20(7)39)17-38(27)33(45)26(18(3)4)37-31(43)28(40)19(5)6/h10-12,14-15,18-19,22-28,40H,8-9,13,16-17H2,1-7H3,(H,35,42)(H,36,44)(H,37,43)(H,46,47)/t22-,23+,24?,25-,26-,27-,28-/m0/s1. The number of rotatable bonds is 17. The molecule has 0 aromatic heterocycles. The van der Waals surface area contributed by atoms with Gasteiger partial charge in [0.1, 0.15) is 30.0 Å². The molecule has 1 heterocycles. The Morgan fingerprint density at radius 1 is 0.894 bits per heavy atom. The van der Waals surface area contributed by atoms with E-state index in [4.69, 9.17) is 0 Å². The fraction of sp³-hybridized carbons (Fsp3) is 0.618. The summed E-state index contributed by atoms with van der Waals surface area (Å²) >= 11 is 0. The largest absolute Gasteiger partial charge is 0.480 e. The highest BCUT2D eigenvalue weighted by Gasteiger charge is 2.50. The van der Waals surface area contributed by atoms with Gasteiger partial charge in [-0.05, 0) is 36.7 Å². The number of aliphatic hydroxyl groups excluding tert-OH is 1. The highest BCUT2D eigenvalue weighted by Crippen LogP contribution is 2.34. The van der Waals surface area contributed by atoms with Crippen LogP contribution in [-0.4, -0.2) is 93.1 Å². The molecule has 1 unspecified atom stereocenters. The molecule has 1 aliphatic heterocycles. The zero-order valence-corrected chi connectivity index (χ0v) is 28.3. The maximum Gasteiger partial charge on any atom is 0.326 e. The van der Waals surface area contributed by atoms with E-state index in [1.165, 1.54) is 11.8 Å². The van der Waals surface area contributed by atoms with Crippen LogP contribution in [0.1, 0.15) is 73.3 Å². The number of ketones is 2. The van der Waals surface area contributed by atoms with Crippen molar-refractivity contribution in [2.75, 3.05) is 6.54 Å². The van der Waals surface area contributed by atoms with Crippen molar-refractivity contribution in [2.24, 2.45) is 23.7 Å². The van der Waals surface area contributed by atoms with E-state index in [0.717, 1.165) is 0 Å². The first-order valence-corrected chi connectivity index (χ1v) is 16.3. The molecule has 2 rings (SSSR count). The third kappa shape index (κ3) is 10.2. The molecule has 1 aromatic rings. The summed E-state index contributed by atoms with van der Waals surface area (Å²) in [5.74, 6) is -8.05.